The molecule has 1 aromatic carbocycles. The maximum atomic E-state index is 11.6. The highest BCUT2D eigenvalue weighted by molar-refractivity contribution is 6.37. The minimum Gasteiger partial charge on any atom is -0.473 e. The lowest BCUT2D eigenvalue weighted by molar-refractivity contribution is -0.113. The summed E-state index contributed by atoms with van der Waals surface area (Å²) in [5, 5.41) is 0. The van der Waals surface area contributed by atoms with Crippen molar-refractivity contribution in [2.75, 3.05) is 13.2 Å². The monoisotopic (exact) mass is 189 g/mol. The normalized spacial score (nSPS) is 14.7. The number of benzene rings is 1. The van der Waals surface area contributed by atoms with Gasteiger partial charge in [-0.2, -0.15) is 0 Å². The molecule has 0 bridgehead atoms. The van der Waals surface area contributed by atoms with Crippen molar-refractivity contribution < 1.29 is 9.53 Å². The fourth-order valence-corrected chi connectivity index (χ4v) is 1.36. The number of ketones is 1. The average Bonchev–Trinajstić information content (AvgIpc) is 2.72. The van der Waals surface area contributed by atoms with Crippen LogP contribution in [0.1, 0.15) is 5.56 Å². The first-order valence-electron chi connectivity index (χ1n) is 4.60. The van der Waals surface area contributed by atoms with Crippen LogP contribution in [0.25, 0.3) is 0 Å². The van der Waals surface area contributed by atoms with Gasteiger partial charge in [0.15, 0.2) is 0 Å². The first kappa shape index (κ1) is 8.94. The summed E-state index contributed by atoms with van der Waals surface area (Å²) in [5.74, 6) is 0.252. The molecule has 3 heteroatoms. The van der Waals surface area contributed by atoms with Crippen LogP contribution in [0.2, 0.25) is 0 Å². The number of nitrogens with zero attached hydrogens (tertiary/aromatic N) is 1. The van der Waals surface area contributed by atoms with E-state index in [0.717, 1.165) is 5.56 Å². The second kappa shape index (κ2) is 4.05. The predicted octanol–water partition coefficient (Wildman–Crippen LogP) is 1.23. The Morgan fingerprint density at radius 3 is 2.79 bits per heavy atom. The first-order chi connectivity index (χ1) is 6.86. The van der Waals surface area contributed by atoms with Crippen molar-refractivity contribution in [2.24, 2.45) is 4.99 Å². The third kappa shape index (κ3) is 1.99. The average molecular weight is 189 g/mol. The smallest absolute Gasteiger partial charge is 0.253 e. The van der Waals surface area contributed by atoms with Crippen LogP contribution < -0.4 is 0 Å². The summed E-state index contributed by atoms with van der Waals surface area (Å²) in [5.41, 5.74) is 0.996. The second-order valence-electron chi connectivity index (χ2n) is 3.12. The van der Waals surface area contributed by atoms with E-state index in [1.165, 1.54) is 0 Å². The molecule has 0 radical (unpaired) electrons. The van der Waals surface area contributed by atoms with Crippen LogP contribution >= 0.6 is 0 Å². The molecule has 0 fully saturated rings. The molecule has 0 spiro atoms. The summed E-state index contributed by atoms with van der Waals surface area (Å²) < 4.78 is 5.09. The van der Waals surface area contributed by atoms with Crippen molar-refractivity contribution in [1.82, 2.24) is 0 Å². The fourth-order valence-electron chi connectivity index (χ4n) is 1.36. The Morgan fingerprint density at radius 2 is 2.14 bits per heavy atom. The van der Waals surface area contributed by atoms with Gasteiger partial charge in [0.05, 0.1) is 6.54 Å². The van der Waals surface area contributed by atoms with Gasteiger partial charge in [-0.3, -0.25) is 4.79 Å². The van der Waals surface area contributed by atoms with Crippen LogP contribution in [0.15, 0.2) is 35.3 Å². The number of carbonyl (C=O) groups excluding carboxylic acids is 1. The zero-order valence-electron chi connectivity index (χ0n) is 7.77. The molecular weight excluding hydrogens is 178 g/mol. The van der Waals surface area contributed by atoms with E-state index in [9.17, 15) is 4.79 Å². The minimum atomic E-state index is -0.0336. The molecule has 0 N–H and O–H groups in total. The van der Waals surface area contributed by atoms with Crippen LogP contribution in [0, 0.1) is 0 Å². The molecule has 0 saturated carbocycles. The van der Waals surface area contributed by atoms with Gasteiger partial charge < -0.3 is 4.74 Å². The van der Waals surface area contributed by atoms with E-state index in [1.807, 2.05) is 30.3 Å². The number of Topliss-reactive ketones (excluding diaryl/α,β-unsaturated/α-hetero) is 1. The van der Waals surface area contributed by atoms with E-state index in [0.29, 0.717) is 19.6 Å². The largest absolute Gasteiger partial charge is 0.473 e. The van der Waals surface area contributed by atoms with Crippen molar-refractivity contribution in [2.45, 2.75) is 6.42 Å². The van der Waals surface area contributed by atoms with Gasteiger partial charge in [0.2, 0.25) is 5.78 Å². The van der Waals surface area contributed by atoms with E-state index < -0.39 is 0 Å². The Morgan fingerprint density at radius 1 is 1.36 bits per heavy atom. The number of rotatable bonds is 3. The van der Waals surface area contributed by atoms with E-state index in [2.05, 4.69) is 4.99 Å². The van der Waals surface area contributed by atoms with Crippen LogP contribution in [-0.4, -0.2) is 24.8 Å². The molecule has 2 rings (SSSR count). The van der Waals surface area contributed by atoms with E-state index in [1.54, 1.807) is 0 Å². The highest BCUT2D eigenvalue weighted by atomic mass is 16.5. The molecule has 3 nitrogen and oxygen atoms in total. The molecule has 1 aliphatic rings. The van der Waals surface area contributed by atoms with Crippen molar-refractivity contribution >= 4 is 11.7 Å². The summed E-state index contributed by atoms with van der Waals surface area (Å²) in [4.78, 5) is 15.5. The Kier molecular flexibility index (Phi) is 2.58. The Labute approximate surface area is 82.4 Å². The lowest BCUT2D eigenvalue weighted by Gasteiger charge is -2.00. The van der Waals surface area contributed by atoms with E-state index in [4.69, 9.17) is 4.74 Å². The van der Waals surface area contributed by atoms with Crippen molar-refractivity contribution in [3.05, 3.63) is 35.9 Å². The van der Waals surface area contributed by atoms with Crippen LogP contribution in [0.3, 0.4) is 0 Å². The van der Waals surface area contributed by atoms with Crippen molar-refractivity contribution in [3.63, 3.8) is 0 Å². The second-order valence-corrected chi connectivity index (χ2v) is 3.12. The summed E-state index contributed by atoms with van der Waals surface area (Å²) in [7, 11) is 0. The number of hydrogen-bond acceptors (Lipinski definition) is 3. The Hall–Kier alpha value is -1.64. The molecule has 14 heavy (non-hydrogen) atoms. The van der Waals surface area contributed by atoms with E-state index >= 15 is 0 Å². The Balaban J connectivity index is 2.01. The van der Waals surface area contributed by atoms with E-state index in [-0.39, 0.29) is 11.7 Å². The topological polar surface area (TPSA) is 38.7 Å². The Bertz CT molecular complexity index is 357. The SMILES string of the molecule is O=C(Cc1ccccc1)C1=NCCO1. The van der Waals surface area contributed by atoms with Gasteiger partial charge in [-0.25, -0.2) is 4.99 Å². The molecule has 1 aliphatic heterocycles. The van der Waals surface area contributed by atoms with Crippen molar-refractivity contribution in [3.8, 4) is 0 Å². The molecule has 72 valence electrons. The summed E-state index contributed by atoms with van der Waals surface area (Å²) >= 11 is 0. The van der Waals surface area contributed by atoms with Gasteiger partial charge in [0, 0.05) is 6.42 Å². The summed E-state index contributed by atoms with van der Waals surface area (Å²) in [6, 6.07) is 9.61. The van der Waals surface area contributed by atoms with Gasteiger partial charge in [0.25, 0.3) is 5.90 Å². The number of carbonyl (C=O) groups is 1. The first-order valence-corrected chi connectivity index (χ1v) is 4.60. The molecule has 0 amide bonds. The standard InChI is InChI=1S/C11H11NO2/c13-10(11-12-6-7-14-11)8-9-4-2-1-3-5-9/h1-5H,6-8H2. The van der Waals surface area contributed by atoms with Gasteiger partial charge >= 0.3 is 0 Å². The predicted molar refractivity (Wildman–Crippen MR) is 53.4 cm³/mol. The molecule has 0 aromatic heterocycles. The lowest BCUT2D eigenvalue weighted by Crippen LogP contribution is -2.16. The maximum Gasteiger partial charge on any atom is 0.253 e. The summed E-state index contributed by atoms with van der Waals surface area (Å²) in [6.45, 7) is 1.14. The fraction of sp³-hybridized carbons (Fsp3) is 0.273. The van der Waals surface area contributed by atoms with Crippen molar-refractivity contribution in [1.29, 1.82) is 0 Å². The lowest BCUT2D eigenvalue weighted by atomic mass is 10.1. The van der Waals surface area contributed by atoms with Crippen LogP contribution in [0.4, 0.5) is 0 Å². The molecule has 0 aliphatic carbocycles. The molecule has 0 atom stereocenters. The molecule has 1 heterocycles. The number of aliphatic imine (C=N–C) groups is 1. The highest BCUT2D eigenvalue weighted by Gasteiger charge is 2.16. The van der Waals surface area contributed by atoms with Gasteiger partial charge in [-0.05, 0) is 5.56 Å². The third-order valence-corrected chi connectivity index (χ3v) is 2.03. The number of hydrogen-bond donors (Lipinski definition) is 0. The molecule has 0 unspecified atom stereocenters. The highest BCUT2D eigenvalue weighted by Crippen LogP contribution is 2.03. The third-order valence-electron chi connectivity index (χ3n) is 2.03. The zero-order chi connectivity index (χ0) is 9.80. The molecule has 1 aromatic rings. The summed E-state index contributed by atoms with van der Waals surface area (Å²) in [6.07, 6.45) is 0.375. The van der Waals surface area contributed by atoms with Crippen LogP contribution in [-0.2, 0) is 16.0 Å². The van der Waals surface area contributed by atoms with Gasteiger partial charge in [-0.15, -0.1) is 0 Å². The molecule has 0 saturated heterocycles. The minimum absolute atomic E-state index is 0.0336. The van der Waals surface area contributed by atoms with Gasteiger partial charge in [0.1, 0.15) is 6.61 Å². The zero-order valence-corrected chi connectivity index (χ0v) is 7.77. The van der Waals surface area contributed by atoms with Gasteiger partial charge in [-0.1, -0.05) is 30.3 Å². The number of ether oxygens (including phenoxy) is 1. The molecular formula is C11H11NO2. The van der Waals surface area contributed by atoms with Crippen LogP contribution in [0.5, 0.6) is 0 Å². The quantitative estimate of drug-likeness (QED) is 0.717. The maximum absolute atomic E-state index is 11.6.